The number of hydrogen-bond acceptors (Lipinski definition) is 7. The summed E-state index contributed by atoms with van der Waals surface area (Å²) in [4.78, 5) is 42.6. The second kappa shape index (κ2) is 9.89. The summed E-state index contributed by atoms with van der Waals surface area (Å²) in [7, 11) is -5.58. The fraction of sp³-hybridized carbons (Fsp3) is 0.130. The molecule has 4 rings (SSSR count). The second-order valence-corrected chi connectivity index (χ2v) is 9.61. The minimum Gasteiger partial charge on any atom is -0.410 e. The molecule has 14 heteroatoms. The van der Waals surface area contributed by atoms with Gasteiger partial charge in [0.15, 0.2) is 0 Å². The number of carbonyl (C=O) groups excluding carboxylic acids is 3. The van der Waals surface area contributed by atoms with Gasteiger partial charge in [0, 0.05) is 6.20 Å². The highest BCUT2D eigenvalue weighted by Gasteiger charge is 2.47. The van der Waals surface area contributed by atoms with Gasteiger partial charge in [-0.1, -0.05) is 18.2 Å². The first kappa shape index (κ1) is 25.6. The third-order valence-electron chi connectivity index (χ3n) is 5.21. The zero-order valence-electron chi connectivity index (χ0n) is 18.7. The van der Waals surface area contributed by atoms with Gasteiger partial charge in [0.1, 0.15) is 12.3 Å². The Morgan fingerprint density at radius 3 is 2.35 bits per heavy atom. The number of halogens is 3. The number of ether oxygens (including phenoxy) is 1. The van der Waals surface area contributed by atoms with Gasteiger partial charge in [0.25, 0.3) is 15.7 Å². The molecule has 1 aliphatic rings. The Morgan fingerprint density at radius 1 is 1.03 bits per heavy atom. The molecule has 192 valence electrons. The molecule has 1 N–H and O–H groups in total. The van der Waals surface area contributed by atoms with Gasteiger partial charge in [-0.2, -0.15) is 13.2 Å². The SMILES string of the molecule is O=C(Nc1cnccc1CN1CC(=O)N(c2ccc(S(=O)(=O)C(F)(F)F)cc2)C1=O)Oc1ccccc1. The standard InChI is InChI=1S/C23H17F3N4O6S/c24-23(25,26)37(34,35)18-8-6-16(7-9-18)30-20(31)14-29(22(30)33)13-15-10-11-27-12-19(15)28-21(32)36-17-4-2-1-3-5-17/h1-12H,13-14H2,(H,28,32). The monoisotopic (exact) mass is 534 g/mol. The number of pyridine rings is 1. The molecule has 37 heavy (non-hydrogen) atoms. The summed E-state index contributed by atoms with van der Waals surface area (Å²) in [5, 5.41) is 2.53. The van der Waals surface area contributed by atoms with Crippen molar-refractivity contribution < 1.29 is 40.7 Å². The van der Waals surface area contributed by atoms with Gasteiger partial charge in [-0.15, -0.1) is 0 Å². The number of hydrogen-bond donors (Lipinski definition) is 1. The first-order chi connectivity index (χ1) is 17.5. The van der Waals surface area contributed by atoms with E-state index < -0.39 is 38.3 Å². The van der Waals surface area contributed by atoms with E-state index in [1.807, 2.05) is 0 Å². The van der Waals surface area contributed by atoms with E-state index in [9.17, 15) is 36.0 Å². The highest BCUT2D eigenvalue weighted by atomic mass is 32.2. The number of alkyl halides is 3. The molecule has 10 nitrogen and oxygen atoms in total. The number of imide groups is 1. The van der Waals surface area contributed by atoms with Crippen molar-refractivity contribution in [1.82, 2.24) is 9.88 Å². The van der Waals surface area contributed by atoms with E-state index in [1.165, 1.54) is 18.5 Å². The van der Waals surface area contributed by atoms with Crippen molar-refractivity contribution in [3.63, 3.8) is 0 Å². The number of carbonyl (C=O) groups is 3. The number of nitrogens with one attached hydrogen (secondary N) is 1. The van der Waals surface area contributed by atoms with E-state index in [2.05, 4.69) is 10.3 Å². The normalized spacial score (nSPS) is 14.1. The van der Waals surface area contributed by atoms with Crippen molar-refractivity contribution in [3.8, 4) is 5.75 Å². The van der Waals surface area contributed by atoms with Crippen molar-refractivity contribution in [2.45, 2.75) is 16.9 Å². The number of rotatable bonds is 6. The predicted octanol–water partition coefficient (Wildman–Crippen LogP) is 3.95. The highest BCUT2D eigenvalue weighted by molar-refractivity contribution is 7.92. The van der Waals surface area contributed by atoms with E-state index in [-0.39, 0.29) is 24.5 Å². The first-order valence-corrected chi connectivity index (χ1v) is 12.0. The van der Waals surface area contributed by atoms with Gasteiger partial charge >= 0.3 is 17.6 Å². The van der Waals surface area contributed by atoms with E-state index in [0.29, 0.717) is 23.4 Å². The van der Waals surface area contributed by atoms with Crippen LogP contribution >= 0.6 is 0 Å². The zero-order valence-corrected chi connectivity index (χ0v) is 19.5. The maximum absolute atomic E-state index is 12.9. The van der Waals surface area contributed by atoms with E-state index in [4.69, 9.17) is 4.74 Å². The second-order valence-electron chi connectivity index (χ2n) is 7.67. The lowest BCUT2D eigenvalue weighted by Crippen LogP contribution is -2.33. The molecule has 4 amide bonds. The minimum atomic E-state index is -5.58. The van der Waals surface area contributed by atoms with Crippen LogP contribution in [0.1, 0.15) is 5.56 Å². The van der Waals surface area contributed by atoms with Crippen LogP contribution in [-0.2, 0) is 21.2 Å². The molecule has 2 aromatic carbocycles. The largest absolute Gasteiger partial charge is 0.501 e. The Hall–Kier alpha value is -4.46. The Bertz CT molecular complexity index is 1450. The van der Waals surface area contributed by atoms with E-state index in [0.717, 1.165) is 21.9 Å². The van der Waals surface area contributed by atoms with Gasteiger partial charge in [-0.3, -0.25) is 15.1 Å². The lowest BCUT2D eigenvalue weighted by molar-refractivity contribution is -0.116. The molecule has 0 unspecified atom stereocenters. The number of benzene rings is 2. The third-order valence-corrected chi connectivity index (χ3v) is 6.71. The summed E-state index contributed by atoms with van der Waals surface area (Å²) in [6.45, 7) is -0.483. The van der Waals surface area contributed by atoms with Crippen LogP contribution < -0.4 is 15.0 Å². The molecule has 1 aliphatic heterocycles. The molecule has 0 atom stereocenters. The number of urea groups is 1. The van der Waals surface area contributed by atoms with Gasteiger partial charge in [-0.05, 0) is 48.0 Å². The van der Waals surface area contributed by atoms with Crippen molar-refractivity contribution in [3.05, 3.63) is 78.6 Å². The van der Waals surface area contributed by atoms with Crippen LogP contribution in [0, 0.1) is 0 Å². The third kappa shape index (κ3) is 5.38. The number of anilines is 2. The summed E-state index contributed by atoms with van der Waals surface area (Å²) >= 11 is 0. The van der Waals surface area contributed by atoms with E-state index >= 15 is 0 Å². The molecular weight excluding hydrogens is 517 g/mol. The Morgan fingerprint density at radius 2 is 1.70 bits per heavy atom. The summed E-state index contributed by atoms with van der Waals surface area (Å²) in [6.07, 6.45) is 1.95. The Labute approximate surface area is 208 Å². The Kier molecular flexibility index (Phi) is 6.85. The van der Waals surface area contributed by atoms with Crippen molar-refractivity contribution in [2.75, 3.05) is 16.8 Å². The molecule has 0 bridgehead atoms. The molecule has 0 radical (unpaired) electrons. The van der Waals surface area contributed by atoms with Crippen LogP contribution in [0.5, 0.6) is 5.75 Å². The quantitative estimate of drug-likeness (QED) is 0.475. The Balaban J connectivity index is 1.48. The predicted molar refractivity (Wildman–Crippen MR) is 123 cm³/mol. The summed E-state index contributed by atoms with van der Waals surface area (Å²) in [5.41, 5.74) is -4.94. The van der Waals surface area contributed by atoms with Crippen LogP contribution in [0.3, 0.4) is 0 Å². The maximum Gasteiger partial charge on any atom is 0.501 e. The molecule has 1 fully saturated rings. The average molecular weight is 534 g/mol. The molecule has 3 aromatic rings. The van der Waals surface area contributed by atoms with Crippen molar-refractivity contribution in [2.24, 2.45) is 0 Å². The maximum atomic E-state index is 12.9. The first-order valence-electron chi connectivity index (χ1n) is 10.5. The van der Waals surface area contributed by atoms with Crippen LogP contribution in [0.15, 0.2) is 78.0 Å². The lowest BCUT2D eigenvalue weighted by Gasteiger charge is -2.19. The summed E-state index contributed by atoms with van der Waals surface area (Å²) in [6, 6.07) is 12.2. The van der Waals surface area contributed by atoms with Crippen LogP contribution in [0.4, 0.5) is 34.1 Å². The highest BCUT2D eigenvalue weighted by Crippen LogP contribution is 2.32. The summed E-state index contributed by atoms with van der Waals surface area (Å²) < 4.78 is 66.6. The average Bonchev–Trinajstić information content (AvgIpc) is 3.12. The fourth-order valence-corrected chi connectivity index (χ4v) is 4.21. The number of nitrogens with zero attached hydrogens (tertiary/aromatic N) is 3. The molecule has 1 saturated heterocycles. The van der Waals surface area contributed by atoms with E-state index in [1.54, 1.807) is 30.3 Å². The van der Waals surface area contributed by atoms with Crippen LogP contribution in [-0.4, -0.2) is 48.4 Å². The molecular formula is C23H17F3N4O6S. The van der Waals surface area contributed by atoms with Crippen LogP contribution in [0.2, 0.25) is 0 Å². The zero-order chi connectivity index (χ0) is 26.8. The van der Waals surface area contributed by atoms with Crippen molar-refractivity contribution >= 4 is 39.2 Å². The molecule has 2 heterocycles. The number of aromatic nitrogens is 1. The van der Waals surface area contributed by atoms with Gasteiger partial charge in [-0.25, -0.2) is 22.9 Å². The molecule has 0 saturated carbocycles. The molecule has 0 aliphatic carbocycles. The molecule has 0 spiro atoms. The van der Waals surface area contributed by atoms with Gasteiger partial charge in [0.2, 0.25) is 0 Å². The summed E-state index contributed by atoms with van der Waals surface area (Å²) in [5.74, 6) is -0.376. The number of amides is 4. The van der Waals surface area contributed by atoms with Crippen molar-refractivity contribution in [1.29, 1.82) is 0 Å². The topological polar surface area (TPSA) is 126 Å². The number of sulfone groups is 1. The van der Waals surface area contributed by atoms with Gasteiger partial charge in [0.05, 0.1) is 29.0 Å². The van der Waals surface area contributed by atoms with Crippen LogP contribution in [0.25, 0.3) is 0 Å². The minimum absolute atomic E-state index is 0.0989. The molecule has 1 aromatic heterocycles. The lowest BCUT2D eigenvalue weighted by atomic mass is 10.2. The fourth-order valence-electron chi connectivity index (χ4n) is 3.45. The van der Waals surface area contributed by atoms with Gasteiger partial charge < -0.3 is 9.64 Å². The smallest absolute Gasteiger partial charge is 0.410 e. The number of para-hydroxylation sites is 1.